The highest BCUT2D eigenvalue weighted by Gasteiger charge is 2.48. The van der Waals surface area contributed by atoms with Crippen LogP contribution < -0.4 is 5.32 Å². The minimum Gasteiger partial charge on any atom is -0.332 e. The van der Waals surface area contributed by atoms with E-state index in [1.54, 1.807) is 23.2 Å². The largest absolute Gasteiger partial charge is 0.332 e. The van der Waals surface area contributed by atoms with Crippen molar-refractivity contribution >= 4 is 39.4 Å². The first-order valence-corrected chi connectivity index (χ1v) is 12.6. The Bertz CT molecular complexity index is 1190. The molecule has 2 aromatic carbocycles. The Morgan fingerprint density at radius 2 is 1.88 bits per heavy atom. The number of carbonyl (C=O) groups is 3. The third kappa shape index (κ3) is 4.30. The van der Waals surface area contributed by atoms with Crippen LogP contribution in [0.5, 0.6) is 0 Å². The average molecular weight is 477 g/mol. The summed E-state index contributed by atoms with van der Waals surface area (Å²) in [6, 6.07) is 17.2. The summed E-state index contributed by atoms with van der Waals surface area (Å²) >= 11 is 1.61. The zero-order valence-electron chi connectivity index (χ0n) is 19.2. The molecule has 34 heavy (non-hydrogen) atoms. The van der Waals surface area contributed by atoms with E-state index in [0.29, 0.717) is 19.4 Å². The quantitative estimate of drug-likeness (QED) is 0.538. The first kappa shape index (κ1) is 22.5. The van der Waals surface area contributed by atoms with Gasteiger partial charge >= 0.3 is 6.03 Å². The molecular formula is C26H28N4O3S. The van der Waals surface area contributed by atoms with Gasteiger partial charge in [0.05, 0.1) is 16.3 Å². The molecule has 2 aliphatic rings. The van der Waals surface area contributed by atoms with Crippen LogP contribution >= 0.6 is 11.3 Å². The standard InChI is InChI=1S/C26H28N4O3S/c1-26(15-14-18-9-3-2-4-10-18)24(32)30(25(33)28-26)17-22(31)29-16-8-7-12-20(29)23-27-19-11-5-6-13-21(19)34-23/h2-6,9-11,13,20H,7-8,12,14-17H2,1H3,(H,28,33)/t20-,26+/m1/s1. The molecule has 8 heteroatoms. The van der Waals surface area contributed by atoms with Gasteiger partial charge in [0.1, 0.15) is 17.1 Å². The number of thiazole rings is 1. The first-order chi connectivity index (χ1) is 16.4. The van der Waals surface area contributed by atoms with Crippen molar-refractivity contribution in [1.29, 1.82) is 0 Å². The van der Waals surface area contributed by atoms with E-state index in [1.807, 2.05) is 54.6 Å². The van der Waals surface area contributed by atoms with Crippen molar-refractivity contribution in [3.8, 4) is 0 Å². The molecule has 0 unspecified atom stereocenters. The van der Waals surface area contributed by atoms with Crippen molar-refractivity contribution in [1.82, 2.24) is 20.1 Å². The zero-order chi connectivity index (χ0) is 23.7. The van der Waals surface area contributed by atoms with Gasteiger partial charge in [0.15, 0.2) is 0 Å². The Morgan fingerprint density at radius 1 is 1.12 bits per heavy atom. The van der Waals surface area contributed by atoms with E-state index in [0.717, 1.165) is 45.0 Å². The summed E-state index contributed by atoms with van der Waals surface area (Å²) in [5.41, 5.74) is 1.03. The fourth-order valence-electron chi connectivity index (χ4n) is 4.84. The lowest BCUT2D eigenvalue weighted by atomic mass is 9.93. The highest BCUT2D eigenvalue weighted by atomic mass is 32.1. The SMILES string of the molecule is C[C@@]1(CCc2ccccc2)NC(=O)N(CC(=O)N2CCCC[C@@H]2c2nc3ccccc3s2)C1=O. The highest BCUT2D eigenvalue weighted by molar-refractivity contribution is 7.18. The number of aryl methyl sites for hydroxylation is 1. The summed E-state index contributed by atoms with van der Waals surface area (Å²) < 4.78 is 1.10. The number of hydrogen-bond acceptors (Lipinski definition) is 5. The number of imide groups is 1. The molecule has 3 aromatic rings. The highest BCUT2D eigenvalue weighted by Crippen LogP contribution is 2.36. The predicted molar refractivity (Wildman–Crippen MR) is 131 cm³/mol. The van der Waals surface area contributed by atoms with Gasteiger partial charge in [-0.15, -0.1) is 11.3 Å². The number of piperidine rings is 1. The van der Waals surface area contributed by atoms with Gasteiger partial charge in [-0.2, -0.15) is 0 Å². The number of hydrogen-bond donors (Lipinski definition) is 1. The van der Waals surface area contributed by atoms with Gasteiger partial charge in [0, 0.05) is 6.54 Å². The third-order valence-electron chi connectivity index (χ3n) is 6.81. The summed E-state index contributed by atoms with van der Waals surface area (Å²) in [5.74, 6) is -0.546. The maximum atomic E-state index is 13.4. The van der Waals surface area contributed by atoms with Gasteiger partial charge in [-0.25, -0.2) is 9.78 Å². The number of rotatable bonds is 6. The van der Waals surface area contributed by atoms with Crippen LogP contribution in [0.15, 0.2) is 54.6 Å². The van der Waals surface area contributed by atoms with Crippen LogP contribution in [0.25, 0.3) is 10.2 Å². The normalized spacial score (nSPS) is 22.9. The zero-order valence-corrected chi connectivity index (χ0v) is 20.0. The lowest BCUT2D eigenvalue weighted by molar-refractivity contribution is -0.141. The molecule has 3 heterocycles. The molecular weight excluding hydrogens is 448 g/mol. The summed E-state index contributed by atoms with van der Waals surface area (Å²) in [6.07, 6.45) is 3.90. The van der Waals surface area contributed by atoms with Crippen molar-refractivity contribution in [2.75, 3.05) is 13.1 Å². The van der Waals surface area contributed by atoms with Gasteiger partial charge in [0.2, 0.25) is 5.91 Å². The van der Waals surface area contributed by atoms with Crippen molar-refractivity contribution < 1.29 is 14.4 Å². The molecule has 2 atom stereocenters. The number of aromatic nitrogens is 1. The van der Waals surface area contributed by atoms with Crippen molar-refractivity contribution in [2.45, 2.75) is 50.6 Å². The van der Waals surface area contributed by atoms with E-state index in [9.17, 15) is 14.4 Å². The number of urea groups is 1. The number of para-hydroxylation sites is 1. The average Bonchev–Trinajstić information content (AvgIpc) is 3.38. The van der Waals surface area contributed by atoms with Crippen LogP contribution in [-0.4, -0.2) is 51.3 Å². The van der Waals surface area contributed by atoms with Crippen LogP contribution in [-0.2, 0) is 16.0 Å². The van der Waals surface area contributed by atoms with Gasteiger partial charge in [-0.3, -0.25) is 14.5 Å². The molecule has 4 amide bonds. The van der Waals surface area contributed by atoms with Crippen molar-refractivity contribution in [3.63, 3.8) is 0 Å². The number of nitrogens with zero attached hydrogens (tertiary/aromatic N) is 3. The molecule has 0 bridgehead atoms. The summed E-state index contributed by atoms with van der Waals surface area (Å²) in [5, 5.41) is 3.74. The van der Waals surface area contributed by atoms with E-state index < -0.39 is 11.6 Å². The van der Waals surface area contributed by atoms with Gasteiger partial charge in [-0.1, -0.05) is 42.5 Å². The molecule has 1 aromatic heterocycles. The van der Waals surface area contributed by atoms with E-state index in [2.05, 4.69) is 5.32 Å². The Hall–Kier alpha value is -3.26. The summed E-state index contributed by atoms with van der Waals surface area (Å²) in [7, 11) is 0. The van der Waals surface area contributed by atoms with Gasteiger partial charge in [0.25, 0.3) is 5.91 Å². The number of benzene rings is 2. The van der Waals surface area contributed by atoms with Crippen LogP contribution in [0.3, 0.4) is 0 Å². The smallest absolute Gasteiger partial charge is 0.325 e. The summed E-state index contributed by atoms with van der Waals surface area (Å²) in [6.45, 7) is 2.10. The Balaban J connectivity index is 1.29. The monoisotopic (exact) mass is 476 g/mol. The summed E-state index contributed by atoms with van der Waals surface area (Å²) in [4.78, 5) is 46.9. The molecule has 5 rings (SSSR count). The number of fused-ring (bicyclic) bond motifs is 1. The van der Waals surface area contributed by atoms with Crippen LogP contribution in [0, 0.1) is 0 Å². The maximum Gasteiger partial charge on any atom is 0.325 e. The maximum absolute atomic E-state index is 13.4. The Labute approximate surface area is 202 Å². The van der Waals surface area contributed by atoms with Crippen molar-refractivity contribution in [2.24, 2.45) is 0 Å². The number of carbonyl (C=O) groups excluding carboxylic acids is 3. The van der Waals surface area contributed by atoms with E-state index >= 15 is 0 Å². The topological polar surface area (TPSA) is 82.6 Å². The molecule has 0 spiro atoms. The third-order valence-corrected chi connectivity index (χ3v) is 7.95. The number of nitrogens with one attached hydrogen (secondary N) is 1. The molecule has 0 radical (unpaired) electrons. The molecule has 176 valence electrons. The minimum absolute atomic E-state index is 0.121. The Morgan fingerprint density at radius 3 is 2.68 bits per heavy atom. The fourth-order valence-corrected chi connectivity index (χ4v) is 5.96. The molecule has 0 saturated carbocycles. The Kier molecular flexibility index (Phi) is 6.08. The second-order valence-electron chi connectivity index (χ2n) is 9.26. The molecule has 2 saturated heterocycles. The molecule has 1 N–H and O–H groups in total. The van der Waals surface area contributed by atoms with E-state index in [1.165, 1.54) is 0 Å². The molecule has 2 aliphatic heterocycles. The lowest BCUT2D eigenvalue weighted by Crippen LogP contribution is -2.47. The predicted octanol–water partition coefficient (Wildman–Crippen LogP) is 4.29. The molecule has 0 aliphatic carbocycles. The van der Waals surface area contributed by atoms with E-state index in [-0.39, 0.29) is 24.4 Å². The van der Waals surface area contributed by atoms with E-state index in [4.69, 9.17) is 4.98 Å². The first-order valence-electron chi connectivity index (χ1n) is 11.8. The fraction of sp³-hybridized carbons (Fsp3) is 0.385. The lowest BCUT2D eigenvalue weighted by Gasteiger charge is -2.35. The molecule has 7 nitrogen and oxygen atoms in total. The van der Waals surface area contributed by atoms with Crippen LogP contribution in [0.1, 0.15) is 49.2 Å². The van der Waals surface area contributed by atoms with Crippen LogP contribution in [0.4, 0.5) is 4.79 Å². The number of amides is 4. The van der Waals surface area contributed by atoms with Crippen LogP contribution in [0.2, 0.25) is 0 Å². The second-order valence-corrected chi connectivity index (χ2v) is 10.3. The molecule has 2 fully saturated rings. The van der Waals surface area contributed by atoms with Crippen molar-refractivity contribution in [3.05, 3.63) is 65.2 Å². The number of likely N-dealkylation sites (tertiary alicyclic amines) is 1. The second kappa shape index (κ2) is 9.18. The van der Waals surface area contributed by atoms with Gasteiger partial charge in [-0.05, 0) is 56.7 Å². The van der Waals surface area contributed by atoms with Gasteiger partial charge < -0.3 is 10.2 Å². The minimum atomic E-state index is -1.01.